The van der Waals surface area contributed by atoms with Crippen molar-refractivity contribution >= 4 is 21.6 Å². The van der Waals surface area contributed by atoms with Gasteiger partial charge in [-0.3, -0.25) is 4.79 Å². The number of fused-ring (bicyclic) bond motifs is 1. The fraction of sp³-hybridized carbons (Fsp3) is 0.381. The van der Waals surface area contributed by atoms with Crippen LogP contribution in [0.1, 0.15) is 35.7 Å². The Labute approximate surface area is 160 Å². The van der Waals surface area contributed by atoms with Gasteiger partial charge in [0.05, 0.1) is 4.90 Å². The van der Waals surface area contributed by atoms with Gasteiger partial charge in [0.2, 0.25) is 10.0 Å². The fourth-order valence-electron chi connectivity index (χ4n) is 3.85. The van der Waals surface area contributed by atoms with Crippen LogP contribution in [-0.2, 0) is 16.4 Å². The Hall–Kier alpha value is -2.18. The van der Waals surface area contributed by atoms with Crippen molar-refractivity contribution in [2.45, 2.75) is 31.1 Å². The minimum Gasteiger partial charge on any atom is -0.308 e. The van der Waals surface area contributed by atoms with Crippen LogP contribution < -0.4 is 4.90 Å². The predicted octanol–water partition coefficient (Wildman–Crippen LogP) is 3.31. The van der Waals surface area contributed by atoms with Crippen molar-refractivity contribution in [3.8, 4) is 0 Å². The molecule has 2 aliphatic heterocycles. The molecule has 2 aromatic rings. The second kappa shape index (κ2) is 7.09. The SMILES string of the molecule is CC1CCN(S(=O)(=O)c2ccc(C(=O)N3CCc4ccccc43)cc2)CC1. The van der Waals surface area contributed by atoms with Crippen molar-refractivity contribution in [1.82, 2.24) is 4.31 Å². The lowest BCUT2D eigenvalue weighted by molar-refractivity contribution is 0.0989. The van der Waals surface area contributed by atoms with Crippen LogP contribution in [0, 0.1) is 5.92 Å². The molecule has 1 fully saturated rings. The number of hydrogen-bond acceptors (Lipinski definition) is 3. The molecule has 0 aromatic heterocycles. The molecule has 2 heterocycles. The van der Waals surface area contributed by atoms with Gasteiger partial charge in [-0.2, -0.15) is 4.31 Å². The summed E-state index contributed by atoms with van der Waals surface area (Å²) in [7, 11) is -3.49. The lowest BCUT2D eigenvalue weighted by Crippen LogP contribution is -2.37. The maximum absolute atomic E-state index is 12.9. The third-order valence-electron chi connectivity index (χ3n) is 5.61. The van der Waals surface area contributed by atoms with Crippen molar-refractivity contribution in [2.75, 3.05) is 24.5 Å². The van der Waals surface area contributed by atoms with E-state index in [9.17, 15) is 13.2 Å². The van der Waals surface area contributed by atoms with Crippen LogP contribution in [0.4, 0.5) is 5.69 Å². The van der Waals surface area contributed by atoms with Crippen molar-refractivity contribution in [3.05, 3.63) is 59.7 Å². The predicted molar refractivity (Wildman–Crippen MR) is 105 cm³/mol. The summed E-state index contributed by atoms with van der Waals surface area (Å²) in [6, 6.07) is 14.3. The Morgan fingerprint density at radius 2 is 1.63 bits per heavy atom. The largest absolute Gasteiger partial charge is 0.308 e. The third kappa shape index (κ3) is 3.39. The summed E-state index contributed by atoms with van der Waals surface area (Å²) < 4.78 is 27.2. The van der Waals surface area contributed by atoms with E-state index in [0.717, 1.165) is 24.9 Å². The highest BCUT2D eigenvalue weighted by Crippen LogP contribution is 2.29. The molecule has 1 amide bonds. The zero-order valence-corrected chi connectivity index (χ0v) is 16.3. The number of nitrogens with zero attached hydrogens (tertiary/aromatic N) is 2. The molecule has 0 aliphatic carbocycles. The van der Waals surface area contributed by atoms with Crippen molar-refractivity contribution in [1.29, 1.82) is 0 Å². The number of carbonyl (C=O) groups excluding carboxylic acids is 1. The number of hydrogen-bond donors (Lipinski definition) is 0. The molecule has 2 aromatic carbocycles. The normalized spacial score (nSPS) is 18.5. The summed E-state index contributed by atoms with van der Waals surface area (Å²) in [6.07, 6.45) is 2.64. The van der Waals surface area contributed by atoms with E-state index >= 15 is 0 Å². The molecule has 4 rings (SSSR count). The Kier molecular flexibility index (Phi) is 4.78. The lowest BCUT2D eigenvalue weighted by Gasteiger charge is -2.29. The van der Waals surface area contributed by atoms with Gasteiger partial charge in [0.15, 0.2) is 0 Å². The highest BCUT2D eigenvalue weighted by atomic mass is 32.2. The molecule has 0 bridgehead atoms. The Balaban J connectivity index is 1.53. The maximum Gasteiger partial charge on any atom is 0.258 e. The summed E-state index contributed by atoms with van der Waals surface area (Å²) in [5.41, 5.74) is 2.63. The molecule has 142 valence electrons. The number of anilines is 1. The van der Waals surface area contributed by atoms with Gasteiger partial charge in [-0.25, -0.2) is 8.42 Å². The quantitative estimate of drug-likeness (QED) is 0.816. The van der Waals surface area contributed by atoms with Gasteiger partial charge in [0.25, 0.3) is 5.91 Å². The molecule has 0 spiro atoms. The van der Waals surface area contributed by atoms with Crippen LogP contribution in [0.25, 0.3) is 0 Å². The zero-order chi connectivity index (χ0) is 19.0. The molecule has 0 atom stereocenters. The summed E-state index contributed by atoms with van der Waals surface area (Å²) in [5, 5.41) is 0. The third-order valence-corrected chi connectivity index (χ3v) is 7.53. The van der Waals surface area contributed by atoms with Crippen LogP contribution in [-0.4, -0.2) is 38.3 Å². The molecule has 0 N–H and O–H groups in total. The monoisotopic (exact) mass is 384 g/mol. The van der Waals surface area contributed by atoms with Gasteiger partial charge in [-0.1, -0.05) is 25.1 Å². The number of para-hydroxylation sites is 1. The number of carbonyl (C=O) groups is 1. The van der Waals surface area contributed by atoms with Crippen molar-refractivity contribution in [3.63, 3.8) is 0 Å². The lowest BCUT2D eigenvalue weighted by atomic mass is 10.0. The van der Waals surface area contributed by atoms with E-state index in [-0.39, 0.29) is 10.8 Å². The van der Waals surface area contributed by atoms with Crippen LogP contribution in [0.3, 0.4) is 0 Å². The summed E-state index contributed by atoms with van der Waals surface area (Å²) in [4.78, 5) is 14.9. The fourth-order valence-corrected chi connectivity index (χ4v) is 5.32. The van der Waals surface area contributed by atoms with Gasteiger partial charge in [0, 0.05) is 30.9 Å². The molecular formula is C21H24N2O3S. The van der Waals surface area contributed by atoms with Gasteiger partial charge >= 0.3 is 0 Å². The Bertz CT molecular complexity index is 946. The number of sulfonamides is 1. The number of benzene rings is 2. The molecule has 0 radical (unpaired) electrons. The molecule has 0 unspecified atom stereocenters. The summed E-state index contributed by atoms with van der Waals surface area (Å²) >= 11 is 0. The van der Waals surface area contributed by atoms with Gasteiger partial charge in [-0.05, 0) is 61.1 Å². The maximum atomic E-state index is 12.9. The summed E-state index contributed by atoms with van der Waals surface area (Å²) in [6.45, 7) is 3.94. The van der Waals surface area contributed by atoms with E-state index < -0.39 is 10.0 Å². The Morgan fingerprint density at radius 1 is 0.963 bits per heavy atom. The van der Waals surface area contributed by atoms with Gasteiger partial charge in [0.1, 0.15) is 0 Å². The van der Waals surface area contributed by atoms with Crippen molar-refractivity contribution < 1.29 is 13.2 Å². The first-order valence-corrected chi connectivity index (χ1v) is 10.9. The molecule has 1 saturated heterocycles. The second-order valence-electron chi connectivity index (χ2n) is 7.45. The van der Waals surface area contributed by atoms with Crippen LogP contribution in [0.15, 0.2) is 53.4 Å². The first-order chi connectivity index (χ1) is 13.0. The summed E-state index contributed by atoms with van der Waals surface area (Å²) in [5.74, 6) is 0.482. The highest BCUT2D eigenvalue weighted by Gasteiger charge is 2.29. The van der Waals surface area contributed by atoms with Crippen LogP contribution in [0.5, 0.6) is 0 Å². The van der Waals surface area contributed by atoms with Crippen molar-refractivity contribution in [2.24, 2.45) is 5.92 Å². The van der Waals surface area contributed by atoms with E-state index in [1.54, 1.807) is 33.5 Å². The zero-order valence-electron chi connectivity index (χ0n) is 15.5. The average molecular weight is 385 g/mol. The molecule has 6 heteroatoms. The van der Waals surface area contributed by atoms with E-state index in [1.165, 1.54) is 5.56 Å². The average Bonchev–Trinajstić information content (AvgIpc) is 3.12. The molecule has 2 aliphatic rings. The Morgan fingerprint density at radius 3 is 2.33 bits per heavy atom. The molecule has 0 saturated carbocycles. The number of piperidine rings is 1. The molecule has 27 heavy (non-hydrogen) atoms. The van der Waals surface area contributed by atoms with E-state index in [1.807, 2.05) is 24.3 Å². The van der Waals surface area contributed by atoms with Gasteiger partial charge < -0.3 is 4.90 Å². The van der Waals surface area contributed by atoms with Crippen LogP contribution >= 0.6 is 0 Å². The second-order valence-corrected chi connectivity index (χ2v) is 9.38. The molecular weight excluding hydrogens is 360 g/mol. The molecule has 5 nitrogen and oxygen atoms in total. The topological polar surface area (TPSA) is 57.7 Å². The van der Waals surface area contributed by atoms with E-state index in [0.29, 0.717) is 31.1 Å². The first kappa shape index (κ1) is 18.2. The van der Waals surface area contributed by atoms with Crippen LogP contribution in [0.2, 0.25) is 0 Å². The minimum absolute atomic E-state index is 0.0873. The minimum atomic E-state index is -3.49. The van der Waals surface area contributed by atoms with Gasteiger partial charge in [-0.15, -0.1) is 0 Å². The van der Waals surface area contributed by atoms with E-state index in [4.69, 9.17) is 0 Å². The van der Waals surface area contributed by atoms with E-state index in [2.05, 4.69) is 6.92 Å². The smallest absolute Gasteiger partial charge is 0.258 e. The highest BCUT2D eigenvalue weighted by molar-refractivity contribution is 7.89. The standard InChI is InChI=1S/C21H24N2O3S/c1-16-10-13-22(14-11-16)27(25,26)19-8-6-18(7-9-19)21(24)23-15-12-17-4-2-3-5-20(17)23/h2-9,16H,10-15H2,1H3. The first-order valence-electron chi connectivity index (χ1n) is 9.47. The number of amides is 1. The number of rotatable bonds is 3.